The SMILES string of the molecule is CCCCOc1ccc(Cl)cc1-c1noc([C@H]2CCCNC2)n1. The number of rotatable bonds is 6. The molecule has 1 aliphatic rings. The lowest BCUT2D eigenvalue weighted by Crippen LogP contribution is -2.28. The summed E-state index contributed by atoms with van der Waals surface area (Å²) in [4.78, 5) is 4.58. The molecule has 1 N–H and O–H groups in total. The number of unbranched alkanes of at least 4 members (excludes halogenated alkanes) is 1. The first-order chi connectivity index (χ1) is 11.3. The van der Waals surface area contributed by atoms with Crippen molar-refractivity contribution in [2.75, 3.05) is 19.7 Å². The largest absolute Gasteiger partial charge is 0.493 e. The Hall–Kier alpha value is -1.59. The zero-order chi connectivity index (χ0) is 16.1. The van der Waals surface area contributed by atoms with Gasteiger partial charge in [-0.1, -0.05) is 30.1 Å². The first kappa shape index (κ1) is 16.3. The molecule has 0 saturated carbocycles. The lowest BCUT2D eigenvalue weighted by atomic mass is 10.00. The van der Waals surface area contributed by atoms with E-state index in [4.69, 9.17) is 20.9 Å². The Morgan fingerprint density at radius 3 is 3.13 bits per heavy atom. The third kappa shape index (κ3) is 4.03. The summed E-state index contributed by atoms with van der Waals surface area (Å²) < 4.78 is 11.3. The molecule has 23 heavy (non-hydrogen) atoms. The van der Waals surface area contributed by atoms with Gasteiger partial charge in [-0.15, -0.1) is 0 Å². The minimum atomic E-state index is 0.286. The van der Waals surface area contributed by atoms with Crippen LogP contribution in [0.1, 0.15) is 44.4 Å². The molecule has 0 bridgehead atoms. The van der Waals surface area contributed by atoms with Crippen LogP contribution in [0, 0.1) is 0 Å². The summed E-state index contributed by atoms with van der Waals surface area (Å²) in [5.41, 5.74) is 0.785. The van der Waals surface area contributed by atoms with Gasteiger partial charge >= 0.3 is 0 Å². The maximum absolute atomic E-state index is 6.13. The Balaban J connectivity index is 1.82. The van der Waals surface area contributed by atoms with Crippen molar-refractivity contribution < 1.29 is 9.26 Å². The van der Waals surface area contributed by atoms with Gasteiger partial charge in [0.15, 0.2) is 0 Å². The molecule has 124 valence electrons. The fourth-order valence-electron chi connectivity index (χ4n) is 2.70. The number of benzene rings is 1. The number of piperidine rings is 1. The summed E-state index contributed by atoms with van der Waals surface area (Å²) >= 11 is 6.13. The summed E-state index contributed by atoms with van der Waals surface area (Å²) in [7, 11) is 0. The van der Waals surface area contributed by atoms with Gasteiger partial charge in [-0.3, -0.25) is 0 Å². The van der Waals surface area contributed by atoms with Crippen molar-refractivity contribution in [3.8, 4) is 17.1 Å². The Morgan fingerprint density at radius 1 is 1.43 bits per heavy atom. The van der Waals surface area contributed by atoms with E-state index in [1.165, 1.54) is 0 Å². The van der Waals surface area contributed by atoms with E-state index >= 15 is 0 Å². The van der Waals surface area contributed by atoms with Gasteiger partial charge < -0.3 is 14.6 Å². The maximum Gasteiger partial charge on any atom is 0.231 e. The molecule has 1 aromatic carbocycles. The molecule has 0 spiro atoms. The summed E-state index contributed by atoms with van der Waals surface area (Å²) in [6, 6.07) is 5.51. The minimum absolute atomic E-state index is 0.286. The minimum Gasteiger partial charge on any atom is -0.493 e. The number of hydrogen-bond donors (Lipinski definition) is 1. The zero-order valence-corrected chi connectivity index (χ0v) is 14.1. The molecule has 0 radical (unpaired) electrons. The highest BCUT2D eigenvalue weighted by atomic mass is 35.5. The molecule has 3 rings (SSSR count). The fourth-order valence-corrected chi connectivity index (χ4v) is 2.87. The lowest BCUT2D eigenvalue weighted by molar-refractivity contribution is 0.309. The summed E-state index contributed by atoms with van der Waals surface area (Å²) in [6.45, 7) is 4.75. The zero-order valence-electron chi connectivity index (χ0n) is 13.3. The fraction of sp³-hybridized carbons (Fsp3) is 0.529. The first-order valence-electron chi connectivity index (χ1n) is 8.25. The van der Waals surface area contributed by atoms with Crippen molar-refractivity contribution in [3.63, 3.8) is 0 Å². The molecule has 2 aromatic rings. The molecule has 0 amide bonds. The molecule has 1 fully saturated rings. The van der Waals surface area contributed by atoms with Crippen LogP contribution >= 0.6 is 11.6 Å². The van der Waals surface area contributed by atoms with Gasteiger partial charge in [0.05, 0.1) is 18.1 Å². The van der Waals surface area contributed by atoms with Crippen molar-refractivity contribution in [3.05, 3.63) is 29.1 Å². The number of ether oxygens (including phenoxy) is 1. The molecule has 1 atom stereocenters. The number of halogens is 1. The molecular weight excluding hydrogens is 314 g/mol. The average molecular weight is 336 g/mol. The number of nitrogens with zero attached hydrogens (tertiary/aromatic N) is 2. The van der Waals surface area contributed by atoms with Crippen LogP contribution in [-0.2, 0) is 0 Å². The molecule has 6 heteroatoms. The van der Waals surface area contributed by atoms with Gasteiger partial charge in [0.2, 0.25) is 11.7 Å². The van der Waals surface area contributed by atoms with Crippen LogP contribution in [0.4, 0.5) is 0 Å². The highest BCUT2D eigenvalue weighted by molar-refractivity contribution is 6.30. The maximum atomic E-state index is 6.13. The molecule has 1 aliphatic heterocycles. The molecule has 2 heterocycles. The van der Waals surface area contributed by atoms with E-state index in [0.29, 0.717) is 23.3 Å². The molecule has 0 aliphatic carbocycles. The third-order valence-corrected chi connectivity index (χ3v) is 4.26. The normalized spacial score (nSPS) is 18.1. The van der Waals surface area contributed by atoms with Gasteiger partial charge in [-0.2, -0.15) is 4.98 Å². The molecule has 1 saturated heterocycles. The Kier molecular flexibility index (Phi) is 5.51. The van der Waals surface area contributed by atoms with E-state index in [1.54, 1.807) is 0 Å². The van der Waals surface area contributed by atoms with Gasteiger partial charge in [-0.25, -0.2) is 0 Å². The lowest BCUT2D eigenvalue weighted by Gasteiger charge is -2.18. The first-order valence-corrected chi connectivity index (χ1v) is 8.62. The van der Waals surface area contributed by atoms with Crippen molar-refractivity contribution in [1.82, 2.24) is 15.5 Å². The predicted molar refractivity (Wildman–Crippen MR) is 90.0 cm³/mol. The van der Waals surface area contributed by atoms with Crippen LogP contribution in [0.15, 0.2) is 22.7 Å². The Morgan fingerprint density at radius 2 is 2.35 bits per heavy atom. The predicted octanol–water partition coefficient (Wildman–Crippen LogP) is 4.04. The second kappa shape index (κ2) is 7.79. The smallest absolute Gasteiger partial charge is 0.231 e. The van der Waals surface area contributed by atoms with Gasteiger partial charge in [0.1, 0.15) is 5.75 Å². The molecule has 5 nitrogen and oxygen atoms in total. The summed E-state index contributed by atoms with van der Waals surface area (Å²) in [6.07, 6.45) is 4.30. The number of nitrogens with one attached hydrogen (secondary N) is 1. The standard InChI is InChI=1S/C17H22ClN3O2/c1-2-3-9-22-15-7-6-13(18)10-14(15)16-20-17(23-21-16)12-5-4-8-19-11-12/h6-7,10,12,19H,2-5,8-9,11H2,1H3/t12-/m0/s1. The van der Waals surface area contributed by atoms with Gasteiger partial charge in [-0.05, 0) is 44.0 Å². The van der Waals surface area contributed by atoms with E-state index in [2.05, 4.69) is 22.4 Å². The van der Waals surface area contributed by atoms with Crippen LogP contribution < -0.4 is 10.1 Å². The number of hydrogen-bond acceptors (Lipinski definition) is 5. The van der Waals surface area contributed by atoms with Gasteiger partial charge in [0.25, 0.3) is 0 Å². The Labute approximate surface area is 141 Å². The summed E-state index contributed by atoms with van der Waals surface area (Å²) in [5.74, 6) is 2.26. The molecule has 0 unspecified atom stereocenters. The van der Waals surface area contributed by atoms with Crippen LogP contribution in [0.3, 0.4) is 0 Å². The van der Waals surface area contributed by atoms with E-state index in [0.717, 1.165) is 50.1 Å². The van der Waals surface area contributed by atoms with Crippen LogP contribution in [0.2, 0.25) is 5.02 Å². The van der Waals surface area contributed by atoms with Crippen molar-refractivity contribution in [2.45, 2.75) is 38.5 Å². The topological polar surface area (TPSA) is 60.2 Å². The Bertz CT molecular complexity index is 639. The van der Waals surface area contributed by atoms with Crippen LogP contribution in [0.25, 0.3) is 11.4 Å². The van der Waals surface area contributed by atoms with E-state index in [9.17, 15) is 0 Å². The second-order valence-electron chi connectivity index (χ2n) is 5.84. The molecular formula is C17H22ClN3O2. The third-order valence-electron chi connectivity index (χ3n) is 4.03. The monoisotopic (exact) mass is 335 g/mol. The van der Waals surface area contributed by atoms with Crippen LogP contribution in [0.5, 0.6) is 5.75 Å². The van der Waals surface area contributed by atoms with Crippen molar-refractivity contribution in [2.24, 2.45) is 0 Å². The number of aromatic nitrogens is 2. The van der Waals surface area contributed by atoms with E-state index in [-0.39, 0.29) is 5.92 Å². The highest BCUT2D eigenvalue weighted by Crippen LogP contribution is 2.32. The van der Waals surface area contributed by atoms with Crippen molar-refractivity contribution in [1.29, 1.82) is 0 Å². The van der Waals surface area contributed by atoms with Crippen LogP contribution in [-0.4, -0.2) is 29.8 Å². The summed E-state index contributed by atoms with van der Waals surface area (Å²) in [5, 5.41) is 8.14. The highest BCUT2D eigenvalue weighted by Gasteiger charge is 2.23. The quantitative estimate of drug-likeness (QED) is 0.807. The second-order valence-corrected chi connectivity index (χ2v) is 6.28. The van der Waals surface area contributed by atoms with E-state index < -0.39 is 0 Å². The molecule has 1 aromatic heterocycles. The van der Waals surface area contributed by atoms with E-state index in [1.807, 2.05) is 18.2 Å². The van der Waals surface area contributed by atoms with Crippen molar-refractivity contribution >= 4 is 11.6 Å². The average Bonchev–Trinajstić information content (AvgIpc) is 3.07. The van der Waals surface area contributed by atoms with Gasteiger partial charge in [0, 0.05) is 11.6 Å².